The van der Waals surface area contributed by atoms with E-state index in [1.165, 1.54) is 66.0 Å². The Labute approximate surface area is 328 Å². The zero-order valence-corrected chi connectivity index (χ0v) is 30.9. The third kappa shape index (κ3) is 4.99. The monoisotopic (exact) mass is 726 g/mol. The van der Waals surface area contributed by atoms with E-state index in [-0.39, 0.29) is 0 Å². The lowest BCUT2D eigenvalue weighted by molar-refractivity contribution is 0.668. The Bertz CT molecular complexity index is 3500. The maximum atomic E-state index is 6.42. The smallest absolute Gasteiger partial charge is 0.137 e. The van der Waals surface area contributed by atoms with Gasteiger partial charge in [0.05, 0.1) is 22.1 Å². The maximum absolute atomic E-state index is 6.42. The number of benzene rings is 9. The fraction of sp³-hybridized carbons (Fsp3) is 0. The van der Waals surface area contributed by atoms with Crippen LogP contribution in [0.3, 0.4) is 0 Å². The highest BCUT2D eigenvalue weighted by Gasteiger charge is 2.18. The maximum Gasteiger partial charge on any atom is 0.137 e. The predicted molar refractivity (Wildman–Crippen MR) is 239 cm³/mol. The van der Waals surface area contributed by atoms with Crippen molar-refractivity contribution >= 4 is 65.6 Å². The van der Waals surface area contributed by atoms with E-state index in [1.807, 2.05) is 12.1 Å². The summed E-state index contributed by atoms with van der Waals surface area (Å²) in [4.78, 5) is 0. The third-order valence-electron chi connectivity index (χ3n) is 11.7. The molecule has 0 fully saturated rings. The van der Waals surface area contributed by atoms with E-state index in [0.717, 1.165) is 44.3 Å². The number of hydrogen-bond acceptors (Lipinski definition) is 1. The summed E-state index contributed by atoms with van der Waals surface area (Å²) in [6.07, 6.45) is 0. The second-order valence-corrected chi connectivity index (χ2v) is 14.9. The van der Waals surface area contributed by atoms with Crippen molar-refractivity contribution in [3.05, 3.63) is 206 Å². The molecular formula is C54H34N2O. The van der Waals surface area contributed by atoms with Gasteiger partial charge in [0.1, 0.15) is 11.2 Å². The molecule has 0 saturated carbocycles. The van der Waals surface area contributed by atoms with E-state index in [4.69, 9.17) is 4.42 Å². The molecule has 0 saturated heterocycles. The average Bonchev–Trinajstić information content (AvgIpc) is 3.93. The van der Waals surface area contributed by atoms with Gasteiger partial charge in [-0.05, 0) is 106 Å². The van der Waals surface area contributed by atoms with Crippen molar-refractivity contribution in [2.75, 3.05) is 0 Å². The molecule has 3 nitrogen and oxygen atoms in total. The van der Waals surface area contributed by atoms with E-state index >= 15 is 0 Å². The molecule has 3 heterocycles. The van der Waals surface area contributed by atoms with Crippen LogP contribution in [0.25, 0.3) is 110 Å². The van der Waals surface area contributed by atoms with E-state index in [1.54, 1.807) is 0 Å². The number of aromatic nitrogens is 2. The van der Waals surface area contributed by atoms with Crippen molar-refractivity contribution in [2.45, 2.75) is 0 Å². The summed E-state index contributed by atoms with van der Waals surface area (Å²) in [5.74, 6) is 0. The minimum absolute atomic E-state index is 0.885. The Hall–Kier alpha value is -7.62. The van der Waals surface area contributed by atoms with E-state index < -0.39 is 0 Å². The van der Waals surface area contributed by atoms with Gasteiger partial charge in [0.25, 0.3) is 0 Å². The summed E-state index contributed by atoms with van der Waals surface area (Å²) in [7, 11) is 0. The van der Waals surface area contributed by atoms with Gasteiger partial charge in [-0.25, -0.2) is 0 Å². The molecule has 0 aliphatic heterocycles. The molecule has 0 amide bonds. The van der Waals surface area contributed by atoms with Gasteiger partial charge in [0.15, 0.2) is 0 Å². The summed E-state index contributed by atoms with van der Waals surface area (Å²) in [6.45, 7) is 0. The van der Waals surface area contributed by atoms with Crippen molar-refractivity contribution in [1.82, 2.24) is 9.13 Å². The molecule has 3 aromatic heterocycles. The van der Waals surface area contributed by atoms with Crippen LogP contribution in [0, 0.1) is 0 Å². The first-order valence-electron chi connectivity index (χ1n) is 19.5. The molecule has 0 unspecified atom stereocenters. The van der Waals surface area contributed by atoms with Gasteiger partial charge in [-0.15, -0.1) is 0 Å². The molecule has 0 atom stereocenters. The van der Waals surface area contributed by atoms with Gasteiger partial charge >= 0.3 is 0 Å². The van der Waals surface area contributed by atoms with Gasteiger partial charge < -0.3 is 13.6 Å². The predicted octanol–water partition coefficient (Wildman–Crippen LogP) is 14.8. The molecule has 9 aromatic carbocycles. The van der Waals surface area contributed by atoms with Crippen LogP contribution in [0.2, 0.25) is 0 Å². The normalized spacial score (nSPS) is 11.9. The highest BCUT2D eigenvalue weighted by Crippen LogP contribution is 2.41. The van der Waals surface area contributed by atoms with Crippen molar-refractivity contribution in [2.24, 2.45) is 0 Å². The molecule has 3 heteroatoms. The average molecular weight is 727 g/mol. The molecule has 0 N–H and O–H groups in total. The van der Waals surface area contributed by atoms with Crippen LogP contribution in [0.1, 0.15) is 0 Å². The molecule has 266 valence electrons. The third-order valence-corrected chi connectivity index (χ3v) is 11.7. The Morgan fingerprint density at radius 2 is 0.702 bits per heavy atom. The van der Waals surface area contributed by atoms with Gasteiger partial charge in [0.2, 0.25) is 0 Å². The van der Waals surface area contributed by atoms with Crippen molar-refractivity contribution in [3.63, 3.8) is 0 Å². The van der Waals surface area contributed by atoms with Crippen LogP contribution in [0.4, 0.5) is 0 Å². The number of nitrogens with zero attached hydrogens (tertiary/aromatic N) is 2. The SMILES string of the molecule is c1ccc(-c2ccc3c(c2)c2cc(-c4ccc5c6cc(-c7ccccc7)ccc6n(-c6ccc7c(c6)oc6ccccc67)c5c4)ccc2n3-c2ccccc2)cc1. The lowest BCUT2D eigenvalue weighted by atomic mass is 9.99. The van der Waals surface area contributed by atoms with Crippen LogP contribution in [-0.4, -0.2) is 9.13 Å². The molecule has 12 aromatic rings. The molecule has 0 spiro atoms. The molecule has 12 rings (SSSR count). The molecular weight excluding hydrogens is 693 g/mol. The number of furan rings is 1. The first kappa shape index (κ1) is 31.7. The van der Waals surface area contributed by atoms with Gasteiger partial charge in [-0.2, -0.15) is 0 Å². The van der Waals surface area contributed by atoms with Crippen LogP contribution in [-0.2, 0) is 0 Å². The zero-order valence-electron chi connectivity index (χ0n) is 30.9. The highest BCUT2D eigenvalue weighted by molar-refractivity contribution is 6.14. The topological polar surface area (TPSA) is 23.0 Å². The highest BCUT2D eigenvalue weighted by atomic mass is 16.3. The minimum atomic E-state index is 0.885. The first-order valence-corrected chi connectivity index (χ1v) is 19.5. The van der Waals surface area contributed by atoms with Crippen LogP contribution in [0.5, 0.6) is 0 Å². The summed E-state index contributed by atoms with van der Waals surface area (Å²) in [5, 5.41) is 7.16. The number of para-hydroxylation sites is 2. The summed E-state index contributed by atoms with van der Waals surface area (Å²) >= 11 is 0. The van der Waals surface area contributed by atoms with Crippen molar-refractivity contribution in [3.8, 4) is 44.8 Å². The quantitative estimate of drug-likeness (QED) is 0.173. The standard InChI is InChI=1S/C54H34N2O/c1-4-12-35(13-5-1)37-21-27-49-46(30-37)43-25-20-40(33-52(43)56(49)42-24-26-45-44-18-10-11-19-53(44)57-54(45)34-42)39-23-29-51-48(32-39)47-31-38(36-14-6-2-7-15-36)22-28-50(47)55(51)41-16-8-3-9-17-41/h1-34H. The molecule has 0 radical (unpaired) electrons. The fourth-order valence-corrected chi connectivity index (χ4v) is 9.01. The number of hydrogen-bond donors (Lipinski definition) is 0. The van der Waals surface area contributed by atoms with Crippen LogP contribution < -0.4 is 0 Å². The molecule has 57 heavy (non-hydrogen) atoms. The zero-order chi connectivity index (χ0) is 37.5. The molecule has 0 aliphatic carbocycles. The van der Waals surface area contributed by atoms with E-state index in [9.17, 15) is 0 Å². The van der Waals surface area contributed by atoms with Crippen molar-refractivity contribution < 1.29 is 4.42 Å². The largest absolute Gasteiger partial charge is 0.456 e. The van der Waals surface area contributed by atoms with E-state index in [2.05, 4.69) is 203 Å². The van der Waals surface area contributed by atoms with Gasteiger partial charge in [-0.3, -0.25) is 0 Å². The Balaban J connectivity index is 1.09. The van der Waals surface area contributed by atoms with Crippen LogP contribution in [0.15, 0.2) is 211 Å². The number of rotatable bonds is 5. The summed E-state index contributed by atoms with van der Waals surface area (Å²) < 4.78 is 11.2. The first-order chi connectivity index (χ1) is 28.2. The lowest BCUT2D eigenvalue weighted by Gasteiger charge is -2.10. The Kier molecular flexibility index (Phi) is 6.93. The van der Waals surface area contributed by atoms with Gasteiger partial charge in [0, 0.05) is 49.8 Å². The lowest BCUT2D eigenvalue weighted by Crippen LogP contribution is -1.94. The van der Waals surface area contributed by atoms with Crippen LogP contribution >= 0.6 is 0 Å². The summed E-state index contributed by atoms with van der Waals surface area (Å²) in [5.41, 5.74) is 15.9. The molecule has 0 bridgehead atoms. The van der Waals surface area contributed by atoms with Crippen molar-refractivity contribution in [1.29, 1.82) is 0 Å². The Morgan fingerprint density at radius 1 is 0.246 bits per heavy atom. The van der Waals surface area contributed by atoms with Gasteiger partial charge in [-0.1, -0.05) is 127 Å². The Morgan fingerprint density at radius 3 is 1.33 bits per heavy atom. The molecule has 0 aliphatic rings. The second kappa shape index (κ2) is 12.5. The minimum Gasteiger partial charge on any atom is -0.456 e. The number of fused-ring (bicyclic) bond motifs is 9. The van der Waals surface area contributed by atoms with E-state index in [0.29, 0.717) is 0 Å². The summed E-state index contributed by atoms with van der Waals surface area (Å²) in [6, 6.07) is 74.6. The fourth-order valence-electron chi connectivity index (χ4n) is 9.01. The second-order valence-electron chi connectivity index (χ2n) is 14.9.